The third-order valence-corrected chi connectivity index (χ3v) is 8.42. The lowest BCUT2D eigenvalue weighted by Gasteiger charge is -2.09. The van der Waals surface area contributed by atoms with Crippen molar-refractivity contribution in [2.45, 2.75) is 160 Å². The van der Waals surface area contributed by atoms with Gasteiger partial charge in [0.05, 0.1) is 8.84 Å². The number of hydrogen-bond acceptors (Lipinski definition) is 2. The van der Waals surface area contributed by atoms with Gasteiger partial charge in [-0.15, -0.1) is 0 Å². The van der Waals surface area contributed by atoms with Gasteiger partial charge in [-0.05, 0) is 35.5 Å². The minimum absolute atomic E-state index is 0.301. The van der Waals surface area contributed by atoms with Crippen LogP contribution in [0.25, 0.3) is 0 Å². The van der Waals surface area contributed by atoms with Crippen molar-refractivity contribution in [1.29, 1.82) is 0 Å². The molecule has 0 fully saturated rings. The number of quaternary nitrogens is 1. The topological polar surface area (TPSA) is 73.8 Å². The van der Waals surface area contributed by atoms with Gasteiger partial charge in [0.1, 0.15) is 0 Å². The number of rotatable bonds is 24. The van der Waals surface area contributed by atoms with Gasteiger partial charge in [0.15, 0.2) is 0 Å². The highest BCUT2D eigenvalue weighted by molar-refractivity contribution is 7.92. The van der Waals surface area contributed by atoms with Crippen molar-refractivity contribution < 1.29 is 18.9 Å². The molecular weight excluding hydrogens is 454 g/mol. The van der Waals surface area contributed by atoms with E-state index in [1.807, 2.05) is 6.07 Å². The van der Waals surface area contributed by atoms with Crippen molar-refractivity contribution in [2.24, 2.45) is 0 Å². The highest BCUT2D eigenvalue weighted by Crippen LogP contribution is 2.26. The van der Waals surface area contributed by atoms with Crippen molar-refractivity contribution in [3.63, 3.8) is 0 Å². The van der Waals surface area contributed by atoms with E-state index in [9.17, 15) is 8.76 Å². The highest BCUT2D eigenvalue weighted by Gasteiger charge is 2.39. The summed E-state index contributed by atoms with van der Waals surface area (Å²) < 4.78 is 29.3. The normalized spacial score (nSPS) is 13.3. The Labute approximate surface area is 218 Å². The molecule has 1 aromatic rings. The fourth-order valence-electron chi connectivity index (χ4n) is 4.91. The van der Waals surface area contributed by atoms with E-state index in [0.717, 1.165) is 31.2 Å². The molecule has 1 rings (SSSR count). The molecule has 1 unspecified atom stereocenters. The Hall–Kier alpha value is -0.750. The van der Waals surface area contributed by atoms with Crippen LogP contribution in [0.3, 0.4) is 0 Å². The van der Waals surface area contributed by atoms with Gasteiger partial charge in [0, 0.05) is 11.6 Å². The van der Waals surface area contributed by atoms with E-state index < -0.39 is 10.5 Å². The van der Waals surface area contributed by atoms with E-state index in [2.05, 4.69) is 30.1 Å². The minimum Gasteiger partial charge on any atom is -0.158 e. The van der Waals surface area contributed by atoms with Gasteiger partial charge in [0.2, 0.25) is 4.90 Å². The molecule has 1 atom stereocenters. The maximum atomic E-state index is 12.4. The average Bonchev–Trinajstić information content (AvgIpc) is 2.86. The lowest BCUT2D eigenvalue weighted by Crippen LogP contribution is -2.52. The number of hydrogen-bond donors (Lipinski definition) is 1. The Kier molecular flexibility index (Phi) is 19.7. The maximum absolute atomic E-state index is 12.4. The lowest BCUT2D eigenvalue weighted by atomic mass is 9.99. The van der Waals surface area contributed by atoms with Crippen LogP contribution in [-0.2, 0) is 36.4 Å². The molecule has 0 aliphatic carbocycles. The van der Waals surface area contributed by atoms with Gasteiger partial charge >= 0.3 is 10.5 Å². The van der Waals surface area contributed by atoms with Crippen LogP contribution in [0.1, 0.15) is 153 Å². The van der Waals surface area contributed by atoms with E-state index in [4.69, 9.17) is 0 Å². The molecule has 35 heavy (non-hydrogen) atoms. The molecule has 0 saturated heterocycles. The summed E-state index contributed by atoms with van der Waals surface area (Å²) in [6, 6.07) is 5.80. The molecule has 3 N–H and O–H groups in total. The van der Waals surface area contributed by atoms with Gasteiger partial charge in [-0.1, -0.05) is 142 Å². The van der Waals surface area contributed by atoms with E-state index in [1.54, 1.807) is 6.07 Å². The van der Waals surface area contributed by atoms with Crippen LogP contribution in [0.2, 0.25) is 0 Å². The summed E-state index contributed by atoms with van der Waals surface area (Å²) in [4.78, 5) is 0.301. The van der Waals surface area contributed by atoms with Gasteiger partial charge in [-0.25, -0.2) is 0 Å². The summed E-state index contributed by atoms with van der Waals surface area (Å²) in [7, 11) is -3.76. The fraction of sp³-hybridized carbons (Fsp3) is 0.800. The van der Waals surface area contributed by atoms with Crippen LogP contribution in [-0.4, -0.2) is 0 Å². The molecule has 0 aromatic heterocycles. The molecule has 5 heteroatoms. The third kappa shape index (κ3) is 15.9. The molecule has 1 radical (unpaired) electrons. The van der Waals surface area contributed by atoms with Crippen molar-refractivity contribution in [2.75, 3.05) is 0 Å². The first-order valence-electron chi connectivity index (χ1n) is 14.9. The van der Waals surface area contributed by atoms with Gasteiger partial charge in [-0.2, -0.15) is 5.90 Å². The summed E-state index contributed by atoms with van der Waals surface area (Å²) in [6.07, 6.45) is 27.9. The van der Waals surface area contributed by atoms with Crippen molar-refractivity contribution in [3.8, 4) is 0 Å². The first kappa shape index (κ1) is 32.3. The lowest BCUT2D eigenvalue weighted by molar-refractivity contribution is -0.637. The van der Waals surface area contributed by atoms with Crippen molar-refractivity contribution in [3.05, 3.63) is 29.3 Å². The maximum Gasteiger partial charge on any atom is 0.482 e. The molecule has 203 valence electrons. The summed E-state index contributed by atoms with van der Waals surface area (Å²) in [5.74, 6) is 3.17. The number of unbranched alkanes of at least 4 members (excludes halogenated alkanes) is 18. The molecule has 4 nitrogen and oxygen atoms in total. The van der Waals surface area contributed by atoms with Gasteiger partial charge in [0.25, 0.3) is 0 Å². The fourth-order valence-corrected chi connectivity index (χ4v) is 5.75. The second-order valence-corrected chi connectivity index (χ2v) is 12.0. The SMILES string of the molecule is CCCCCCCCCCCCc1ccc([S+]([O])(=O)O[NH3+])c(CCCCCCCCCCCC)c1. The van der Waals surface area contributed by atoms with E-state index >= 15 is 0 Å². The molecule has 0 spiro atoms. The molecule has 0 aliphatic rings. The molecule has 0 bridgehead atoms. The minimum atomic E-state index is -3.76. The predicted molar refractivity (Wildman–Crippen MR) is 149 cm³/mol. The smallest absolute Gasteiger partial charge is 0.158 e. The van der Waals surface area contributed by atoms with Crippen molar-refractivity contribution >= 4 is 10.5 Å². The van der Waals surface area contributed by atoms with Crippen LogP contribution in [0.15, 0.2) is 23.1 Å². The zero-order chi connectivity index (χ0) is 25.6. The van der Waals surface area contributed by atoms with Gasteiger partial charge < -0.3 is 0 Å². The second kappa shape index (κ2) is 21.3. The number of benzene rings is 1. The number of aryl methyl sites for hydroxylation is 2. The Morgan fingerprint density at radius 2 is 1.03 bits per heavy atom. The second-order valence-electron chi connectivity index (χ2n) is 10.4. The van der Waals surface area contributed by atoms with Crippen LogP contribution < -0.4 is 5.90 Å². The Balaban J connectivity index is 2.37. The van der Waals surface area contributed by atoms with Gasteiger partial charge in [-0.3, -0.25) is 0 Å². The zero-order valence-electron chi connectivity index (χ0n) is 23.1. The largest absolute Gasteiger partial charge is 0.482 e. The first-order valence-corrected chi connectivity index (χ1v) is 16.3. The van der Waals surface area contributed by atoms with E-state index in [1.165, 1.54) is 121 Å². The van der Waals surface area contributed by atoms with Crippen LogP contribution in [0, 0.1) is 0 Å². The standard InChI is InChI=1S/C30H56NO3S/c1-3-5-7-9-11-13-15-17-19-21-23-28-25-26-30(35(32,33)34-31)29(27-28)24-22-20-18-16-14-12-10-8-6-4-2/h25-27H,3-24H2,1-2,31H3/q+2. The van der Waals surface area contributed by atoms with E-state index in [0.29, 0.717) is 4.90 Å². The van der Waals surface area contributed by atoms with Crippen LogP contribution >= 0.6 is 0 Å². The first-order chi connectivity index (χ1) is 17.0. The molecule has 0 aliphatic heterocycles. The summed E-state index contributed by atoms with van der Waals surface area (Å²) in [6.45, 7) is 4.52. The Bertz CT molecular complexity index is 680. The average molecular weight is 511 g/mol. The molecule has 0 heterocycles. The van der Waals surface area contributed by atoms with Crippen molar-refractivity contribution in [1.82, 2.24) is 0 Å². The highest BCUT2D eigenvalue weighted by atomic mass is 32.3. The predicted octanol–water partition coefficient (Wildman–Crippen LogP) is 8.91. The zero-order valence-corrected chi connectivity index (χ0v) is 23.9. The Morgan fingerprint density at radius 1 is 0.629 bits per heavy atom. The van der Waals surface area contributed by atoms with Crippen LogP contribution in [0.5, 0.6) is 0 Å². The monoisotopic (exact) mass is 510 g/mol. The van der Waals surface area contributed by atoms with E-state index in [-0.39, 0.29) is 0 Å². The third-order valence-electron chi connectivity index (χ3n) is 7.17. The summed E-state index contributed by atoms with van der Waals surface area (Å²) >= 11 is 0. The molecular formula is C30H56NO3S+2. The van der Waals surface area contributed by atoms with Crippen LogP contribution in [0.4, 0.5) is 0 Å². The molecule has 1 aromatic carbocycles. The molecule has 0 amide bonds. The molecule has 0 saturated carbocycles. The quantitative estimate of drug-likeness (QED) is 0.0856. The Morgan fingerprint density at radius 3 is 1.46 bits per heavy atom. The summed E-state index contributed by atoms with van der Waals surface area (Å²) in [5, 5.41) is 0. The summed E-state index contributed by atoms with van der Waals surface area (Å²) in [5.41, 5.74) is 2.15.